The van der Waals surface area contributed by atoms with Crippen LogP contribution in [0.25, 0.3) is 0 Å². The van der Waals surface area contributed by atoms with Crippen LogP contribution in [0.1, 0.15) is 6.42 Å². The monoisotopic (exact) mass is 880 g/mol. The second-order valence-corrected chi connectivity index (χ2v) is 20.4. The van der Waals surface area contributed by atoms with E-state index in [0.29, 0.717) is 13.0 Å². The third-order valence-electron chi connectivity index (χ3n) is 15.0. The predicted octanol–water partition coefficient (Wildman–Crippen LogP) is -22.6. The number of anilines is 1. The Kier molecular flexibility index (Phi) is 40.1. The van der Waals surface area contributed by atoms with Crippen LogP contribution in [0.5, 0.6) is 0 Å². The highest BCUT2D eigenvalue weighted by Crippen LogP contribution is 2.25. The highest BCUT2D eigenvalue weighted by atomic mass is 19.1. The van der Waals surface area contributed by atoms with Crippen LogP contribution in [0.2, 0.25) is 0 Å². The fraction of sp³-hybridized carbons (Fsp3) is 0.222. The van der Waals surface area contributed by atoms with Gasteiger partial charge in [-0.25, -0.2) is 4.39 Å². The zero-order valence-corrected chi connectivity index (χ0v) is 44.1. The average Bonchev–Trinajstić information content (AvgIpc) is 3.25. The molecule has 0 atom stereocenters. The van der Waals surface area contributed by atoms with E-state index in [4.69, 9.17) is 261 Å². The van der Waals surface area contributed by atoms with Crippen molar-refractivity contribution in [1.82, 2.24) is 0 Å². The average molecular weight is 867 g/mol. The van der Waals surface area contributed by atoms with Gasteiger partial charge in [0.15, 0.2) is 0 Å². The minimum Gasteiger partial charge on any atom is -0.384 e. The molecule has 0 bridgehead atoms. The van der Waals surface area contributed by atoms with Gasteiger partial charge >= 0.3 is 0 Å². The van der Waals surface area contributed by atoms with Gasteiger partial charge in [-0.15, -0.1) is 0 Å². The van der Waals surface area contributed by atoms with Gasteiger partial charge in [-0.3, -0.25) is 0 Å². The number of rotatable bonds is 34. The van der Waals surface area contributed by atoms with Crippen molar-refractivity contribution in [2.75, 3.05) is 11.9 Å². The number of hydrogen-bond acceptors (Lipinski definition) is 2. The molecule has 67 radical (unpaired) electrons. The Morgan fingerprint density at radius 3 is 0.688 bits per heavy atom. The van der Waals surface area contributed by atoms with Crippen molar-refractivity contribution < 1.29 is 4.39 Å². The molecule has 77 heavy (non-hydrogen) atoms. The smallest absolute Gasteiger partial charge is 0.123 e. The lowest BCUT2D eigenvalue weighted by Crippen LogP contribution is -2.98. The minimum absolute atomic E-state index is 0.249. The zero-order chi connectivity index (χ0) is 60.4. The van der Waals surface area contributed by atoms with Crippen LogP contribution in [0, 0.1) is 17.1 Å². The molecule has 1 N–H and O–H groups in total. The van der Waals surface area contributed by atoms with E-state index < -0.39 is 198 Å². The van der Waals surface area contributed by atoms with E-state index in [-0.39, 0.29) is 5.82 Å². The molecule has 1 aromatic rings. The van der Waals surface area contributed by atoms with E-state index in [9.17, 15) is 4.39 Å². The van der Waals surface area contributed by atoms with Gasteiger partial charge in [0.05, 0.1) is 12.5 Å². The molecular formula is C9H9B65FN2. The van der Waals surface area contributed by atoms with Gasteiger partial charge in [-0.2, -0.15) is 5.26 Å². The lowest BCUT2D eigenvalue weighted by molar-refractivity contribution is 0.628. The summed E-state index contributed by atoms with van der Waals surface area (Å²) in [6.07, 6.45) is -45.2. The summed E-state index contributed by atoms with van der Waals surface area (Å²) in [5.74, 6) is -0.249. The Morgan fingerprint density at radius 1 is 0.325 bits per heavy atom. The van der Waals surface area contributed by atoms with E-state index in [1.165, 1.54) is 12.1 Å². The molecule has 257 valence electrons. The minimum atomic E-state index is -1.59. The maximum atomic E-state index is 12.4. The summed E-state index contributed by atoms with van der Waals surface area (Å²) in [6, 6.07) is 8.07. The summed E-state index contributed by atoms with van der Waals surface area (Å²) in [6.45, 7) is 0.599. The molecule has 0 amide bonds. The summed E-state index contributed by atoms with van der Waals surface area (Å²) in [5.41, 5.74) is 0.839. The number of nitrogens with one attached hydrogen (secondary N) is 1. The lowest BCUT2D eigenvalue weighted by atomic mass is 8.22. The first-order valence-corrected chi connectivity index (χ1v) is 25.0. The molecule has 1 rings (SSSR count). The van der Waals surface area contributed by atoms with Crippen LogP contribution < -0.4 is 5.32 Å². The van der Waals surface area contributed by atoms with E-state index >= 15 is 0 Å². The predicted molar refractivity (Wildman–Crippen MR) is 419 cm³/mol. The molecule has 68 heteroatoms. The molecule has 0 heterocycles. The van der Waals surface area contributed by atoms with Gasteiger partial charge in [0.25, 0.3) is 0 Å². The van der Waals surface area contributed by atoms with Gasteiger partial charge in [-0.05, 0) is 24.3 Å². The van der Waals surface area contributed by atoms with Gasteiger partial charge in [0.1, 0.15) is 5.82 Å². The number of benzene rings is 1. The van der Waals surface area contributed by atoms with Crippen LogP contribution in [0.15, 0.2) is 24.3 Å². The molecule has 0 saturated heterocycles. The fourth-order valence-electron chi connectivity index (χ4n) is 12.1. The molecule has 0 saturated carbocycles. The second kappa shape index (κ2) is 38.7. The number of hydrogen-bond donors (Lipinski definition) is 1. The highest BCUT2D eigenvalue weighted by Gasteiger charge is 2.63. The summed E-state index contributed by atoms with van der Waals surface area (Å²) >= 11 is 0. The van der Waals surface area contributed by atoms with E-state index in [0.717, 1.165) is 12.7 Å². The van der Waals surface area contributed by atoms with E-state index in [1.807, 2.05) is 6.07 Å². The standard InChI is InChI=1S/C9H9FN2.B65/c10-8-2-4-9(5-3-8)12-7-1-6-11;1-34-51(35(2)3)59(50(32)33)63(58(48(28)29)49(30)31)65(62(56(44(20)21)45(22)23)57(46(24)25)47(26)27)64(60(52(36(4)5)37(6)7)53(38(8)9)39(10)11)61(54(40(12)13)41(14)15)55(42(16)17)43(18)19/h2-5,12H,1,7H2;. The van der Waals surface area contributed by atoms with Gasteiger partial charge in [0, 0.05) is 473 Å². The van der Waals surface area contributed by atoms with Crippen LogP contribution >= 0.6 is 0 Å². The van der Waals surface area contributed by atoms with Gasteiger partial charge in [-0.1, -0.05) is 0 Å². The molecule has 0 unspecified atom stereocenters. The summed E-state index contributed by atoms with van der Waals surface area (Å²) in [4.78, 5) is 0. The Bertz CT molecular complexity index is 1560. The summed E-state index contributed by atoms with van der Waals surface area (Å²) in [7, 11) is 221. The van der Waals surface area contributed by atoms with Crippen LogP contribution in [-0.4, -0.2) is 467 Å². The van der Waals surface area contributed by atoms with Gasteiger partial charge in [0.2, 0.25) is 0 Å². The van der Waals surface area contributed by atoms with Crippen molar-refractivity contribution in [3.05, 3.63) is 30.1 Å². The molecule has 0 aliphatic carbocycles. The third kappa shape index (κ3) is 23.7. The van der Waals surface area contributed by atoms with Crippen LogP contribution in [-0.2, 0) is 0 Å². The normalized spacial score (nSPS) is 9.61. The van der Waals surface area contributed by atoms with Gasteiger partial charge < -0.3 is 5.32 Å². The van der Waals surface area contributed by atoms with Crippen molar-refractivity contribution in [3.63, 3.8) is 0 Å². The maximum Gasteiger partial charge on any atom is 0.123 e. The van der Waals surface area contributed by atoms with E-state index in [1.54, 1.807) is 12.1 Å². The Hall–Kier alpha value is 2.66. The number of halogens is 1. The third-order valence-corrected chi connectivity index (χ3v) is 15.0. The molecule has 1 aromatic carbocycles. The molecule has 0 aromatic heterocycles. The van der Waals surface area contributed by atoms with E-state index in [2.05, 4.69) is 5.32 Å². The fourth-order valence-corrected chi connectivity index (χ4v) is 12.1. The molecule has 0 fully saturated rings. The molecule has 0 aliphatic rings. The Labute approximate surface area is 525 Å². The SMILES string of the molecule is N#CCCNc1ccc(F)cc1.[B][B]B(B([B])[B])B(B([B])[B])B(B(B([B])[B])B([B])[B])B(B(B(B([B])[B])B([B])[B])B(B([B])[B])B([B])[B])B(B(B(B([B])[B])B([B])[B])B(B([B])[B])B([B])[B])B(B(B([B])[B])B([B])[B])B(B([B])[B])B([B])[B]. The second-order valence-electron chi connectivity index (χ2n) is 20.4. The largest absolute Gasteiger partial charge is 0.384 e. The summed E-state index contributed by atoms with van der Waals surface area (Å²) in [5, 5.41) is 11.2. The topological polar surface area (TPSA) is 35.8 Å². The van der Waals surface area contributed by atoms with Crippen molar-refractivity contribution >= 4 is 466 Å². The molecule has 0 spiro atoms. The van der Waals surface area contributed by atoms with Crippen LogP contribution in [0.3, 0.4) is 0 Å². The van der Waals surface area contributed by atoms with Crippen molar-refractivity contribution in [3.8, 4) is 6.07 Å². The molecular weight excluding hydrogens is 858 g/mol. The highest BCUT2D eigenvalue weighted by molar-refractivity contribution is 8.39. The Morgan fingerprint density at radius 2 is 0.519 bits per heavy atom. The first-order valence-electron chi connectivity index (χ1n) is 25.0. The first-order chi connectivity index (χ1) is 35.4. The maximum absolute atomic E-state index is 12.4. The van der Waals surface area contributed by atoms with Crippen LogP contribution in [0.4, 0.5) is 10.1 Å². The van der Waals surface area contributed by atoms with Crippen molar-refractivity contribution in [1.29, 1.82) is 5.26 Å². The zero-order valence-electron chi connectivity index (χ0n) is 44.1. The Balaban J connectivity index is 0.00000419. The number of nitriles is 1. The number of nitrogens with zero attached hydrogens (tertiary/aromatic N) is 1. The van der Waals surface area contributed by atoms with Crippen molar-refractivity contribution in [2.24, 2.45) is 0 Å². The molecule has 0 aliphatic heterocycles. The lowest BCUT2D eigenvalue weighted by Gasteiger charge is -2.59. The first kappa shape index (κ1) is 79.7. The molecule has 2 nitrogen and oxygen atoms in total. The quantitative estimate of drug-likeness (QED) is 0.0553. The summed E-state index contributed by atoms with van der Waals surface area (Å²) < 4.78 is 12.4. The van der Waals surface area contributed by atoms with Crippen molar-refractivity contribution in [2.45, 2.75) is 6.42 Å².